The Hall–Kier alpha value is -0.840. The van der Waals surface area contributed by atoms with E-state index in [1.807, 2.05) is 0 Å². The third-order valence-corrected chi connectivity index (χ3v) is 0.508. The van der Waals surface area contributed by atoms with E-state index < -0.39 is 6.03 Å². The molecule has 0 aromatic heterocycles. The zero-order valence-electron chi connectivity index (χ0n) is 3.85. The summed E-state index contributed by atoms with van der Waals surface area (Å²) < 4.78 is 0. The van der Waals surface area contributed by atoms with Crippen molar-refractivity contribution in [3.63, 3.8) is 0 Å². The lowest BCUT2D eigenvalue weighted by Gasteiger charge is -1.92. The van der Waals surface area contributed by atoms with Gasteiger partial charge in [0.2, 0.25) is 0 Å². The minimum Gasteiger partial charge on any atom is -0.323 e. The molecule has 0 fully saturated rings. The van der Waals surface area contributed by atoms with E-state index in [9.17, 15) is 9.70 Å². The standard InChI is InChI=1S/C2H4ClN3O2/c3-1-4-2(7)5-6-8/h1H2,(H2,4,5,7,8). The molecule has 2 amide bonds. The lowest BCUT2D eigenvalue weighted by Crippen LogP contribution is -2.30. The summed E-state index contributed by atoms with van der Waals surface area (Å²) in [6, 6.07) is -0.739. The molecule has 0 bridgehead atoms. The van der Waals surface area contributed by atoms with Gasteiger partial charge in [0.05, 0.1) is 11.3 Å². The first-order chi connectivity index (χ1) is 3.81. The molecule has 0 radical (unpaired) electrons. The maximum atomic E-state index is 10.0. The first-order valence-corrected chi connectivity index (χ1v) is 2.27. The van der Waals surface area contributed by atoms with Gasteiger partial charge in [-0.05, 0) is 0 Å². The average molecular weight is 138 g/mol. The van der Waals surface area contributed by atoms with E-state index in [0.717, 1.165) is 0 Å². The lowest BCUT2D eigenvalue weighted by atomic mass is 11.0. The lowest BCUT2D eigenvalue weighted by molar-refractivity contribution is 0.242. The fourth-order valence-corrected chi connectivity index (χ4v) is 0.263. The van der Waals surface area contributed by atoms with Crippen molar-refractivity contribution < 1.29 is 4.79 Å². The Balaban J connectivity index is 3.18. The maximum Gasteiger partial charge on any atom is 0.338 e. The van der Waals surface area contributed by atoms with E-state index in [4.69, 9.17) is 11.6 Å². The van der Waals surface area contributed by atoms with Crippen molar-refractivity contribution in [2.45, 2.75) is 0 Å². The van der Waals surface area contributed by atoms with Gasteiger partial charge in [0.1, 0.15) is 0 Å². The van der Waals surface area contributed by atoms with Crippen LogP contribution in [-0.4, -0.2) is 12.0 Å². The van der Waals surface area contributed by atoms with Gasteiger partial charge in [0.15, 0.2) is 0 Å². The number of rotatable bonds is 2. The molecule has 0 aliphatic heterocycles. The molecule has 2 N–H and O–H groups in total. The zero-order chi connectivity index (χ0) is 6.41. The normalized spacial score (nSPS) is 7.62. The number of carbonyl (C=O) groups excluding carboxylic acids is 1. The van der Waals surface area contributed by atoms with E-state index in [2.05, 4.69) is 10.6 Å². The van der Waals surface area contributed by atoms with Gasteiger partial charge < -0.3 is 5.32 Å². The maximum absolute atomic E-state index is 10.0. The number of hydrogen-bond acceptors (Lipinski definition) is 3. The average Bonchev–Trinajstić information content (AvgIpc) is 1.68. The fourth-order valence-electron chi connectivity index (χ4n) is 0.142. The molecule has 0 saturated carbocycles. The van der Waals surface area contributed by atoms with Crippen LogP contribution in [-0.2, 0) is 0 Å². The molecule has 0 atom stereocenters. The van der Waals surface area contributed by atoms with E-state index in [0.29, 0.717) is 0 Å². The van der Waals surface area contributed by atoms with Crippen LogP contribution < -0.4 is 10.7 Å². The monoisotopic (exact) mass is 137 g/mol. The predicted octanol–water partition coefficient (Wildman–Crippen LogP) is 0.163. The summed E-state index contributed by atoms with van der Waals surface area (Å²) in [5.41, 5.74) is 1.58. The van der Waals surface area contributed by atoms with Crippen molar-refractivity contribution in [2.24, 2.45) is 5.29 Å². The van der Waals surface area contributed by atoms with Gasteiger partial charge in [-0.3, -0.25) is 0 Å². The molecule has 0 aliphatic rings. The first kappa shape index (κ1) is 7.16. The van der Waals surface area contributed by atoms with E-state index in [1.165, 1.54) is 0 Å². The number of carbonyl (C=O) groups is 1. The van der Waals surface area contributed by atoms with Crippen LogP contribution in [0.2, 0.25) is 0 Å². The van der Waals surface area contributed by atoms with Crippen LogP contribution in [0.1, 0.15) is 0 Å². The smallest absolute Gasteiger partial charge is 0.323 e. The molecule has 0 heterocycles. The quantitative estimate of drug-likeness (QED) is 0.246. The third kappa shape index (κ3) is 3.35. The van der Waals surface area contributed by atoms with Crippen LogP contribution >= 0.6 is 11.6 Å². The summed E-state index contributed by atoms with van der Waals surface area (Å²) in [7, 11) is 0. The second-order valence-corrected chi connectivity index (χ2v) is 1.11. The number of nitrogens with one attached hydrogen (secondary N) is 2. The third-order valence-electron chi connectivity index (χ3n) is 0.375. The first-order valence-electron chi connectivity index (χ1n) is 1.73. The summed E-state index contributed by atoms with van der Waals surface area (Å²) in [6.07, 6.45) is 0. The number of alkyl halides is 1. The van der Waals surface area contributed by atoms with Crippen LogP contribution in [0.5, 0.6) is 0 Å². The molecule has 0 spiro atoms. The van der Waals surface area contributed by atoms with E-state index in [1.54, 1.807) is 5.43 Å². The number of amides is 2. The van der Waals surface area contributed by atoms with E-state index >= 15 is 0 Å². The van der Waals surface area contributed by atoms with Crippen molar-refractivity contribution in [1.82, 2.24) is 10.7 Å². The molecular weight excluding hydrogens is 133 g/mol. The van der Waals surface area contributed by atoms with Crippen LogP contribution in [0.3, 0.4) is 0 Å². The molecule has 46 valence electrons. The second kappa shape index (κ2) is 4.32. The Bertz CT molecular complexity index is 95.3. The van der Waals surface area contributed by atoms with E-state index in [-0.39, 0.29) is 6.00 Å². The van der Waals surface area contributed by atoms with Crippen molar-refractivity contribution in [2.75, 3.05) is 6.00 Å². The Labute approximate surface area is 50.3 Å². The summed E-state index contributed by atoms with van der Waals surface area (Å²) in [6.45, 7) is 0. The van der Waals surface area contributed by atoms with Gasteiger partial charge in [-0.15, -0.1) is 16.5 Å². The highest BCUT2D eigenvalue weighted by Gasteiger charge is 1.92. The number of urea groups is 1. The summed E-state index contributed by atoms with van der Waals surface area (Å²) in [4.78, 5) is 19.3. The van der Waals surface area contributed by atoms with Gasteiger partial charge >= 0.3 is 6.03 Å². The minimum atomic E-state index is -0.699. The van der Waals surface area contributed by atoms with Crippen LogP contribution in [0, 0.1) is 4.91 Å². The van der Waals surface area contributed by atoms with Gasteiger partial charge in [0, 0.05) is 0 Å². The van der Waals surface area contributed by atoms with Gasteiger partial charge in [0.25, 0.3) is 0 Å². The van der Waals surface area contributed by atoms with Gasteiger partial charge in [-0.2, -0.15) is 5.43 Å². The van der Waals surface area contributed by atoms with Crippen molar-refractivity contribution >= 4 is 17.6 Å². The molecule has 0 saturated heterocycles. The molecule has 0 unspecified atom stereocenters. The van der Waals surface area contributed by atoms with Crippen molar-refractivity contribution in [1.29, 1.82) is 0 Å². The molecule has 6 heteroatoms. The topological polar surface area (TPSA) is 70.6 Å². The van der Waals surface area contributed by atoms with Crippen LogP contribution in [0.25, 0.3) is 0 Å². The highest BCUT2D eigenvalue weighted by molar-refractivity contribution is 6.18. The largest absolute Gasteiger partial charge is 0.338 e. The van der Waals surface area contributed by atoms with Crippen LogP contribution in [0.4, 0.5) is 4.79 Å². The fraction of sp³-hybridized carbons (Fsp3) is 0.500. The Morgan fingerprint density at radius 2 is 2.38 bits per heavy atom. The van der Waals surface area contributed by atoms with Gasteiger partial charge in [-0.25, -0.2) is 4.79 Å². The van der Waals surface area contributed by atoms with Crippen molar-refractivity contribution in [3.05, 3.63) is 4.91 Å². The molecule has 0 aromatic rings. The predicted molar refractivity (Wildman–Crippen MR) is 28.2 cm³/mol. The SMILES string of the molecule is O=NNC(=O)NCCl. The summed E-state index contributed by atoms with van der Waals surface area (Å²) in [5.74, 6) is 0. The Morgan fingerprint density at radius 3 is 2.75 bits per heavy atom. The zero-order valence-corrected chi connectivity index (χ0v) is 4.60. The number of nitrogens with zero attached hydrogens (tertiary/aromatic N) is 1. The van der Waals surface area contributed by atoms with Crippen molar-refractivity contribution in [3.8, 4) is 0 Å². The second-order valence-electron chi connectivity index (χ2n) is 0.843. The molecule has 5 nitrogen and oxygen atoms in total. The summed E-state index contributed by atoms with van der Waals surface area (Å²) >= 11 is 5.02. The van der Waals surface area contributed by atoms with Gasteiger partial charge in [-0.1, -0.05) is 0 Å². The molecule has 0 aliphatic carbocycles. The highest BCUT2D eigenvalue weighted by Crippen LogP contribution is 1.66. The number of hydrogen-bond donors (Lipinski definition) is 2. The van der Waals surface area contributed by atoms with Crippen LogP contribution in [0.15, 0.2) is 5.29 Å². The molecule has 0 rings (SSSR count). The number of nitroso groups, excluding NO2 is 1. The molecule has 8 heavy (non-hydrogen) atoms. The summed E-state index contributed by atoms with van der Waals surface area (Å²) in [5, 5.41) is 4.15. The number of halogens is 1. The molecule has 0 aromatic carbocycles. The molecular formula is C2H4ClN3O2. The minimum absolute atomic E-state index is 0.0403. The Morgan fingerprint density at radius 1 is 1.75 bits per heavy atom. The Kier molecular flexibility index (Phi) is 3.87. The highest BCUT2D eigenvalue weighted by atomic mass is 35.5.